The Hall–Kier alpha value is 0.415. The third-order valence-corrected chi connectivity index (χ3v) is 3.64. The number of hydrogen-bond acceptors (Lipinski definition) is 1. The zero-order valence-corrected chi connectivity index (χ0v) is 4.45. The molecule has 7 heterocycles. The summed E-state index contributed by atoms with van der Waals surface area (Å²) in [5, 5.41) is 0. The van der Waals surface area contributed by atoms with Crippen LogP contribution in [0, 0.1) is 0 Å². The monoisotopic (exact) mass is 93.1 g/mol. The lowest BCUT2D eigenvalue weighted by Gasteiger charge is -2.55. The lowest BCUT2D eigenvalue weighted by atomic mass is 8.25. The summed E-state index contributed by atoms with van der Waals surface area (Å²) >= 11 is 0. The molecule has 0 aromatic carbocycles. The topological polar surface area (TPSA) is 9.23 Å². The summed E-state index contributed by atoms with van der Waals surface area (Å²) in [5.74, 6) is 0. The van der Waals surface area contributed by atoms with Crippen LogP contribution in [0.15, 0.2) is 0 Å². The maximum absolute atomic E-state index is 5.61. The first-order valence-electron chi connectivity index (χ1n) is 3.47. The highest BCUT2D eigenvalue weighted by atomic mass is 16.4. The molecule has 0 amide bonds. The molecule has 27 valence electrons. The Morgan fingerprint density at radius 2 is 2.00 bits per heavy atom. The molecule has 1 radical (unpaired) electrons. The van der Waals surface area contributed by atoms with E-state index in [0.717, 1.165) is 32.2 Å². The van der Waals surface area contributed by atoms with Crippen molar-refractivity contribution in [1.29, 1.82) is 0 Å². The predicted molar refractivity (Wildman–Crippen MR) is 41.4 cm³/mol. The van der Waals surface area contributed by atoms with Gasteiger partial charge in [-0.3, -0.25) is 0 Å². The quantitative estimate of drug-likeness (QED) is 0.294. The summed E-state index contributed by atoms with van der Waals surface area (Å²) in [4.78, 5) is 0. The molecule has 0 aromatic rings. The van der Waals surface area contributed by atoms with Gasteiger partial charge in [0.15, 0.2) is 13.4 Å². The first-order valence-corrected chi connectivity index (χ1v) is 3.47. The van der Waals surface area contributed by atoms with Crippen molar-refractivity contribution >= 4 is 46.0 Å². The van der Waals surface area contributed by atoms with Gasteiger partial charge < -0.3 is 4.57 Å². The minimum Gasteiger partial charge on any atom is -0.525 e. The van der Waals surface area contributed by atoms with Gasteiger partial charge in [-0.05, 0) is 0 Å². The molecule has 0 aromatic heterocycles. The number of hydrogen-bond donors (Lipinski definition) is 0. The molecule has 6 bridgehead atoms. The summed E-state index contributed by atoms with van der Waals surface area (Å²) < 4.78 is 5.61. The van der Waals surface area contributed by atoms with E-state index < -0.39 is 0 Å². The van der Waals surface area contributed by atoms with Crippen molar-refractivity contribution in [1.82, 2.24) is 0 Å². The van der Waals surface area contributed by atoms with Gasteiger partial charge in [0.2, 0.25) is 0 Å². The Balaban J connectivity index is 2.09. The van der Waals surface area contributed by atoms with Crippen LogP contribution >= 0.6 is 0 Å². The van der Waals surface area contributed by atoms with Gasteiger partial charge in [0, 0.05) is 26.2 Å². The molecular weight excluding hydrogens is 91.7 g/mol. The Morgan fingerprint density at radius 1 is 1.12 bits per heavy atom. The molecule has 7 aliphatic rings. The second-order valence-corrected chi connectivity index (χ2v) is 3.57. The summed E-state index contributed by atoms with van der Waals surface area (Å²) in [5.41, 5.74) is 0. The smallest absolute Gasteiger partial charge is 0.162 e. The van der Waals surface area contributed by atoms with E-state index in [2.05, 4.69) is 7.06 Å². The van der Waals surface area contributed by atoms with Gasteiger partial charge in [0.05, 0.1) is 6.39 Å². The Kier molecular flexibility index (Phi) is 0.325. The van der Waals surface area contributed by atoms with Gasteiger partial charge in [-0.25, -0.2) is 0 Å². The van der Waals surface area contributed by atoms with Crippen molar-refractivity contribution in [2.75, 3.05) is 0 Å². The average Bonchev–Trinajstić information content (AvgIpc) is 2.20. The van der Waals surface area contributed by atoms with Gasteiger partial charge in [0.25, 0.3) is 0 Å². The minimum atomic E-state index is 0.625. The second-order valence-electron chi connectivity index (χ2n) is 3.57. The fraction of sp³-hybridized carbons (Fsp3) is 0. The second kappa shape index (κ2) is 0.732. The first kappa shape index (κ1) is 3.55. The molecule has 7 fully saturated rings. The highest BCUT2D eigenvalue weighted by molar-refractivity contribution is 8.48. The maximum Gasteiger partial charge on any atom is 0.162 e. The van der Waals surface area contributed by atoms with E-state index >= 15 is 0 Å². The van der Waals surface area contributed by atoms with Gasteiger partial charge in [-0.2, -0.15) is 0 Å². The molecule has 7 aliphatic heterocycles. The summed E-state index contributed by atoms with van der Waals surface area (Å²) in [7, 11) is 2.43. The lowest BCUT2D eigenvalue weighted by Crippen LogP contribution is -2.96. The maximum atomic E-state index is 5.61. The molecule has 8 heteroatoms. The van der Waals surface area contributed by atoms with Crippen LogP contribution in [0.3, 0.4) is 0 Å². The van der Waals surface area contributed by atoms with E-state index in [4.69, 9.17) is 4.57 Å². The molecule has 1 nitrogen and oxygen atoms in total. The van der Waals surface area contributed by atoms with Crippen molar-refractivity contribution in [2.45, 2.75) is 0 Å². The molecule has 0 unspecified atom stereocenters. The first-order chi connectivity index (χ1) is 3.97. The van der Waals surface area contributed by atoms with Gasteiger partial charge in [-0.1, -0.05) is 0 Å². The van der Waals surface area contributed by atoms with E-state index in [9.17, 15) is 0 Å². The summed E-state index contributed by atoms with van der Waals surface area (Å²) in [6.45, 7) is 1.37. The molecule has 7 rings (SSSR count). The normalized spacial score (nSPS) is 32.0. The van der Waals surface area contributed by atoms with Crippen LogP contribution < -0.4 is 0 Å². The van der Waals surface area contributed by atoms with E-state index in [-0.39, 0.29) is 0 Å². The third-order valence-electron chi connectivity index (χ3n) is 3.64. The van der Waals surface area contributed by atoms with E-state index in [1.165, 1.54) is 0 Å². The minimum absolute atomic E-state index is 0.625. The van der Waals surface area contributed by atoms with Crippen molar-refractivity contribution < 1.29 is 4.57 Å². The van der Waals surface area contributed by atoms with Crippen molar-refractivity contribution in [2.24, 2.45) is 0 Å². The van der Waals surface area contributed by atoms with Gasteiger partial charge in [-0.15, -0.1) is 0 Å². The van der Waals surface area contributed by atoms with Crippen LogP contribution in [-0.4, -0.2) is 46.0 Å². The van der Waals surface area contributed by atoms with Gasteiger partial charge in [0.1, 0.15) is 0 Å². The SMILES string of the molecule is [B]1B2OB3B4B1B3B24. The summed E-state index contributed by atoms with van der Waals surface area (Å²) in [6.07, 6.45) is 4.09. The molecule has 7 saturated heterocycles. The van der Waals surface area contributed by atoms with Gasteiger partial charge >= 0.3 is 0 Å². The molecular formula is B7O. The highest BCUT2D eigenvalue weighted by Crippen LogP contribution is 2.47. The fourth-order valence-corrected chi connectivity index (χ4v) is 3.26. The largest absolute Gasteiger partial charge is 0.525 e. The number of rotatable bonds is 0. The Morgan fingerprint density at radius 3 is 2.12 bits per heavy atom. The van der Waals surface area contributed by atoms with E-state index in [1.54, 1.807) is 0 Å². The van der Waals surface area contributed by atoms with Crippen LogP contribution in [0.1, 0.15) is 0 Å². The van der Waals surface area contributed by atoms with Crippen molar-refractivity contribution in [3.63, 3.8) is 0 Å². The zero-order valence-electron chi connectivity index (χ0n) is 4.45. The van der Waals surface area contributed by atoms with Crippen LogP contribution in [0.2, 0.25) is 0 Å². The van der Waals surface area contributed by atoms with Crippen molar-refractivity contribution in [3.05, 3.63) is 0 Å². The molecule has 0 spiro atoms. The summed E-state index contributed by atoms with van der Waals surface area (Å²) in [6, 6.07) is 0. The lowest BCUT2D eigenvalue weighted by molar-refractivity contribution is 0.662. The van der Waals surface area contributed by atoms with E-state index in [1.807, 2.05) is 0 Å². The van der Waals surface area contributed by atoms with Crippen LogP contribution in [0.5, 0.6) is 0 Å². The molecule has 0 aliphatic carbocycles. The average molecular weight is 91.7 g/mol. The molecule has 8 heavy (non-hydrogen) atoms. The van der Waals surface area contributed by atoms with Crippen LogP contribution in [-0.2, 0) is 4.57 Å². The Bertz CT molecular complexity index is 148. The zero-order chi connectivity index (χ0) is 4.88. The van der Waals surface area contributed by atoms with E-state index in [0.29, 0.717) is 6.70 Å². The molecule has 0 atom stereocenters. The molecule has 0 N–H and O–H groups in total. The predicted octanol–water partition coefficient (Wildman–Crippen LogP) is -2.73. The van der Waals surface area contributed by atoms with Crippen LogP contribution in [0.4, 0.5) is 0 Å². The Labute approximate surface area is 51.3 Å². The third kappa shape index (κ3) is 0.142. The van der Waals surface area contributed by atoms with Crippen LogP contribution in [0.25, 0.3) is 0 Å². The standard InChI is InChI=1S/B7O/c1-2-4-6-3(1)8-7(4)5(2)6. The fourth-order valence-electron chi connectivity index (χ4n) is 3.26. The highest BCUT2D eigenvalue weighted by Gasteiger charge is 2.87. The molecule has 0 saturated carbocycles. The van der Waals surface area contributed by atoms with Crippen molar-refractivity contribution in [3.8, 4) is 0 Å².